The number of carbonyl (C=O) groups excluding carboxylic acids is 2. The van der Waals surface area contributed by atoms with Crippen LogP contribution in [0.5, 0.6) is 0 Å². The van der Waals surface area contributed by atoms with Crippen LogP contribution < -0.4 is 10.2 Å². The standard InChI is InChI=1S/C23H26N2O2/c26-22(14-9-17-5-1-2-6-17)24-20-12-10-19(11-13-20)23(27)25-16-15-18-7-3-4-8-21(18)25/h3-4,7-8,10-13,17H,1-2,5-6,9,14-16H2,(H,24,26). The fourth-order valence-electron chi connectivity index (χ4n) is 4.26. The molecule has 27 heavy (non-hydrogen) atoms. The van der Waals surface area contributed by atoms with Crippen molar-refractivity contribution in [1.82, 2.24) is 0 Å². The molecule has 0 radical (unpaired) electrons. The number of nitrogens with one attached hydrogen (secondary N) is 1. The van der Waals surface area contributed by atoms with Crippen molar-refractivity contribution in [2.75, 3.05) is 16.8 Å². The number of anilines is 2. The van der Waals surface area contributed by atoms with Crippen molar-refractivity contribution in [1.29, 1.82) is 0 Å². The first-order valence-corrected chi connectivity index (χ1v) is 10.0. The fourth-order valence-corrected chi connectivity index (χ4v) is 4.26. The van der Waals surface area contributed by atoms with Gasteiger partial charge in [0, 0.05) is 29.9 Å². The van der Waals surface area contributed by atoms with Crippen molar-refractivity contribution >= 4 is 23.2 Å². The lowest BCUT2D eigenvalue weighted by Gasteiger charge is -2.17. The zero-order valence-corrected chi connectivity index (χ0v) is 15.6. The molecule has 1 heterocycles. The monoisotopic (exact) mass is 362 g/mol. The third-order valence-corrected chi connectivity index (χ3v) is 5.80. The third kappa shape index (κ3) is 4.05. The highest BCUT2D eigenvalue weighted by molar-refractivity contribution is 6.07. The lowest BCUT2D eigenvalue weighted by molar-refractivity contribution is -0.116. The first-order chi connectivity index (χ1) is 13.2. The molecule has 2 aromatic rings. The number of hydrogen-bond donors (Lipinski definition) is 1. The predicted molar refractivity (Wildman–Crippen MR) is 108 cm³/mol. The molecule has 1 N–H and O–H groups in total. The van der Waals surface area contributed by atoms with E-state index in [1.54, 1.807) is 12.1 Å². The van der Waals surface area contributed by atoms with E-state index in [-0.39, 0.29) is 11.8 Å². The smallest absolute Gasteiger partial charge is 0.258 e. The number of rotatable bonds is 5. The van der Waals surface area contributed by atoms with Crippen LogP contribution in [-0.2, 0) is 11.2 Å². The summed E-state index contributed by atoms with van der Waals surface area (Å²) in [5.41, 5.74) is 3.63. The molecule has 1 saturated carbocycles. The van der Waals surface area contributed by atoms with E-state index in [0.717, 1.165) is 36.7 Å². The van der Waals surface area contributed by atoms with Crippen LogP contribution in [0.3, 0.4) is 0 Å². The van der Waals surface area contributed by atoms with Crippen LogP contribution in [0.1, 0.15) is 54.4 Å². The van der Waals surface area contributed by atoms with Gasteiger partial charge in [-0.3, -0.25) is 9.59 Å². The van der Waals surface area contributed by atoms with Gasteiger partial charge in [0.05, 0.1) is 0 Å². The molecule has 2 amide bonds. The summed E-state index contributed by atoms with van der Waals surface area (Å²) in [6, 6.07) is 15.3. The summed E-state index contributed by atoms with van der Waals surface area (Å²) in [5.74, 6) is 0.799. The number of para-hydroxylation sites is 1. The first-order valence-electron chi connectivity index (χ1n) is 10.0. The summed E-state index contributed by atoms with van der Waals surface area (Å²) in [7, 11) is 0. The second-order valence-electron chi connectivity index (χ2n) is 7.65. The van der Waals surface area contributed by atoms with E-state index in [1.807, 2.05) is 35.2 Å². The van der Waals surface area contributed by atoms with Gasteiger partial charge in [0.25, 0.3) is 5.91 Å². The molecular weight excluding hydrogens is 336 g/mol. The quantitative estimate of drug-likeness (QED) is 0.831. The van der Waals surface area contributed by atoms with Crippen LogP contribution in [0.15, 0.2) is 48.5 Å². The van der Waals surface area contributed by atoms with E-state index in [0.29, 0.717) is 12.0 Å². The minimum absolute atomic E-state index is 0.0130. The Balaban J connectivity index is 1.34. The summed E-state index contributed by atoms with van der Waals surface area (Å²) in [6.45, 7) is 0.720. The minimum atomic E-state index is 0.0130. The predicted octanol–water partition coefficient (Wildman–Crippen LogP) is 4.80. The van der Waals surface area contributed by atoms with Crippen molar-refractivity contribution in [2.45, 2.75) is 44.9 Å². The van der Waals surface area contributed by atoms with Gasteiger partial charge in [-0.2, -0.15) is 0 Å². The molecule has 0 aromatic heterocycles. The van der Waals surface area contributed by atoms with Crippen molar-refractivity contribution < 1.29 is 9.59 Å². The second kappa shape index (κ2) is 7.95. The Morgan fingerprint density at radius 2 is 1.74 bits per heavy atom. The molecule has 0 atom stereocenters. The highest BCUT2D eigenvalue weighted by atomic mass is 16.2. The van der Waals surface area contributed by atoms with Crippen LogP contribution in [0.25, 0.3) is 0 Å². The zero-order chi connectivity index (χ0) is 18.6. The Kier molecular flexibility index (Phi) is 5.23. The maximum absolute atomic E-state index is 12.8. The molecular formula is C23H26N2O2. The Morgan fingerprint density at radius 3 is 2.52 bits per heavy atom. The Bertz CT molecular complexity index is 823. The van der Waals surface area contributed by atoms with E-state index in [2.05, 4.69) is 11.4 Å². The van der Waals surface area contributed by atoms with Gasteiger partial charge in [-0.05, 0) is 54.7 Å². The molecule has 0 unspecified atom stereocenters. The van der Waals surface area contributed by atoms with Gasteiger partial charge in [0.2, 0.25) is 5.91 Å². The molecule has 4 nitrogen and oxygen atoms in total. The van der Waals surface area contributed by atoms with Crippen molar-refractivity contribution in [3.8, 4) is 0 Å². The average molecular weight is 362 g/mol. The van der Waals surface area contributed by atoms with Crippen LogP contribution >= 0.6 is 0 Å². The van der Waals surface area contributed by atoms with Crippen LogP contribution in [0.2, 0.25) is 0 Å². The van der Waals surface area contributed by atoms with Crippen LogP contribution in [-0.4, -0.2) is 18.4 Å². The van der Waals surface area contributed by atoms with Crippen molar-refractivity contribution in [3.63, 3.8) is 0 Å². The number of fused-ring (bicyclic) bond motifs is 1. The third-order valence-electron chi connectivity index (χ3n) is 5.80. The number of benzene rings is 2. The normalized spacial score (nSPS) is 16.4. The first kappa shape index (κ1) is 17.8. The largest absolute Gasteiger partial charge is 0.326 e. The van der Waals surface area contributed by atoms with E-state index in [4.69, 9.17) is 0 Å². The molecule has 140 valence electrons. The summed E-state index contributed by atoms with van der Waals surface area (Å²) in [6.07, 6.45) is 7.61. The molecule has 1 fully saturated rings. The number of carbonyl (C=O) groups is 2. The molecule has 0 saturated heterocycles. The lowest BCUT2D eigenvalue weighted by atomic mass is 10.0. The van der Waals surface area contributed by atoms with E-state index >= 15 is 0 Å². The second-order valence-corrected chi connectivity index (χ2v) is 7.65. The van der Waals surface area contributed by atoms with E-state index in [9.17, 15) is 9.59 Å². The maximum Gasteiger partial charge on any atom is 0.258 e. The van der Waals surface area contributed by atoms with Gasteiger partial charge in [0.15, 0.2) is 0 Å². The van der Waals surface area contributed by atoms with Gasteiger partial charge in [0.1, 0.15) is 0 Å². The summed E-state index contributed by atoms with van der Waals surface area (Å²) < 4.78 is 0. The Hall–Kier alpha value is -2.62. The molecule has 0 spiro atoms. The molecule has 2 aromatic carbocycles. The van der Waals surface area contributed by atoms with Crippen LogP contribution in [0.4, 0.5) is 11.4 Å². The highest BCUT2D eigenvalue weighted by Crippen LogP contribution is 2.30. The fraction of sp³-hybridized carbons (Fsp3) is 0.391. The van der Waals surface area contributed by atoms with Gasteiger partial charge >= 0.3 is 0 Å². The summed E-state index contributed by atoms with van der Waals surface area (Å²) in [5, 5.41) is 2.95. The van der Waals surface area contributed by atoms with Gasteiger partial charge in [-0.15, -0.1) is 0 Å². The minimum Gasteiger partial charge on any atom is -0.326 e. The molecule has 1 aliphatic carbocycles. The molecule has 0 bridgehead atoms. The van der Waals surface area contributed by atoms with Crippen molar-refractivity contribution in [3.05, 3.63) is 59.7 Å². The number of nitrogens with zero attached hydrogens (tertiary/aromatic N) is 1. The number of amides is 2. The highest BCUT2D eigenvalue weighted by Gasteiger charge is 2.25. The molecule has 2 aliphatic rings. The van der Waals surface area contributed by atoms with E-state index in [1.165, 1.54) is 31.2 Å². The Labute approximate surface area is 160 Å². The molecule has 1 aliphatic heterocycles. The summed E-state index contributed by atoms with van der Waals surface area (Å²) in [4.78, 5) is 26.8. The lowest BCUT2D eigenvalue weighted by Crippen LogP contribution is -2.28. The van der Waals surface area contributed by atoms with Gasteiger partial charge in [-0.1, -0.05) is 43.9 Å². The van der Waals surface area contributed by atoms with Crippen molar-refractivity contribution in [2.24, 2.45) is 5.92 Å². The molecule has 4 rings (SSSR count). The van der Waals surface area contributed by atoms with Crippen LogP contribution in [0, 0.1) is 5.92 Å². The number of hydrogen-bond acceptors (Lipinski definition) is 2. The topological polar surface area (TPSA) is 49.4 Å². The van der Waals surface area contributed by atoms with Gasteiger partial charge < -0.3 is 10.2 Å². The zero-order valence-electron chi connectivity index (χ0n) is 15.6. The van der Waals surface area contributed by atoms with Gasteiger partial charge in [-0.25, -0.2) is 0 Å². The van der Waals surface area contributed by atoms with E-state index < -0.39 is 0 Å². The Morgan fingerprint density at radius 1 is 1.00 bits per heavy atom. The molecule has 4 heteroatoms. The SMILES string of the molecule is O=C(CCC1CCCC1)Nc1ccc(C(=O)N2CCc3ccccc32)cc1. The maximum atomic E-state index is 12.8. The summed E-state index contributed by atoms with van der Waals surface area (Å²) >= 11 is 0. The average Bonchev–Trinajstić information content (AvgIpc) is 3.36.